The fraction of sp³-hybridized carbons (Fsp3) is 0.600. The second-order valence-corrected chi connectivity index (χ2v) is 5.91. The van der Waals surface area contributed by atoms with Gasteiger partial charge in [-0.1, -0.05) is 32.0 Å². The maximum absolute atomic E-state index is 12.6. The van der Waals surface area contributed by atoms with Crippen molar-refractivity contribution >= 4 is 0 Å². The summed E-state index contributed by atoms with van der Waals surface area (Å²) in [7, 11) is 1.69. The zero-order valence-electron chi connectivity index (χ0n) is 11.9. The molecule has 1 saturated carbocycles. The van der Waals surface area contributed by atoms with E-state index in [4.69, 9.17) is 4.74 Å². The largest absolute Gasteiger partial charge is 0.416 e. The molecule has 0 heterocycles. The molecule has 0 aromatic heterocycles. The first-order valence-corrected chi connectivity index (χ1v) is 6.67. The minimum absolute atomic E-state index is 0.0103. The Morgan fingerprint density at radius 1 is 1.35 bits per heavy atom. The molecular formula is C15H20F3NO. The first-order chi connectivity index (χ1) is 9.25. The van der Waals surface area contributed by atoms with Crippen molar-refractivity contribution in [3.8, 4) is 0 Å². The van der Waals surface area contributed by atoms with E-state index in [0.717, 1.165) is 12.5 Å². The van der Waals surface area contributed by atoms with Gasteiger partial charge >= 0.3 is 6.18 Å². The Morgan fingerprint density at radius 3 is 2.60 bits per heavy atom. The van der Waals surface area contributed by atoms with Crippen molar-refractivity contribution in [2.75, 3.05) is 7.11 Å². The third-order valence-electron chi connectivity index (χ3n) is 4.27. The summed E-state index contributed by atoms with van der Waals surface area (Å²) in [6, 6.07) is 5.72. The number of alkyl halides is 3. The lowest BCUT2D eigenvalue weighted by Gasteiger charge is -2.51. The standard InChI is InChI=1S/C15H20F3NO/c1-14(2)12(8-13(14)20-3)19-9-10-5-4-6-11(7-10)15(16,17)18/h4-7,12-13,19H,8-9H2,1-3H3. The van der Waals surface area contributed by atoms with E-state index in [1.807, 2.05) is 0 Å². The number of nitrogens with one attached hydrogen (secondary N) is 1. The van der Waals surface area contributed by atoms with Crippen LogP contribution in [-0.4, -0.2) is 19.3 Å². The molecule has 2 atom stereocenters. The molecule has 20 heavy (non-hydrogen) atoms. The molecule has 0 bridgehead atoms. The van der Waals surface area contributed by atoms with Crippen molar-refractivity contribution in [1.29, 1.82) is 0 Å². The molecule has 1 aromatic rings. The van der Waals surface area contributed by atoms with Crippen LogP contribution in [0.5, 0.6) is 0 Å². The lowest BCUT2D eigenvalue weighted by atomic mass is 9.64. The molecule has 1 aromatic carbocycles. The molecule has 112 valence electrons. The van der Waals surface area contributed by atoms with Crippen LogP contribution in [0.15, 0.2) is 24.3 Å². The van der Waals surface area contributed by atoms with E-state index in [1.54, 1.807) is 13.2 Å². The van der Waals surface area contributed by atoms with Gasteiger partial charge in [0.25, 0.3) is 0 Å². The molecule has 1 aliphatic carbocycles. The van der Waals surface area contributed by atoms with Crippen LogP contribution in [-0.2, 0) is 17.5 Å². The maximum atomic E-state index is 12.6. The summed E-state index contributed by atoms with van der Waals surface area (Å²) in [5.74, 6) is 0. The highest BCUT2D eigenvalue weighted by atomic mass is 19.4. The molecule has 2 nitrogen and oxygen atoms in total. The molecular weight excluding hydrogens is 267 g/mol. The number of halogens is 3. The van der Waals surface area contributed by atoms with E-state index in [9.17, 15) is 13.2 Å². The highest BCUT2D eigenvalue weighted by Crippen LogP contribution is 2.42. The molecule has 0 radical (unpaired) electrons. The van der Waals surface area contributed by atoms with Crippen LogP contribution in [0.2, 0.25) is 0 Å². The molecule has 0 aliphatic heterocycles. The normalized spacial score (nSPS) is 25.3. The summed E-state index contributed by atoms with van der Waals surface area (Å²) in [6.45, 7) is 4.65. The summed E-state index contributed by atoms with van der Waals surface area (Å²) in [5, 5.41) is 3.32. The zero-order valence-corrected chi connectivity index (χ0v) is 11.9. The highest BCUT2D eigenvalue weighted by Gasteiger charge is 2.48. The molecule has 2 unspecified atom stereocenters. The second kappa shape index (κ2) is 5.37. The molecule has 1 fully saturated rings. The molecule has 0 amide bonds. The van der Waals surface area contributed by atoms with Gasteiger partial charge in [-0.2, -0.15) is 13.2 Å². The predicted molar refractivity (Wildman–Crippen MR) is 71.3 cm³/mol. The topological polar surface area (TPSA) is 21.3 Å². The van der Waals surface area contributed by atoms with Gasteiger partial charge in [0.15, 0.2) is 0 Å². The monoisotopic (exact) mass is 287 g/mol. The van der Waals surface area contributed by atoms with Crippen LogP contribution < -0.4 is 5.32 Å². The number of hydrogen-bond donors (Lipinski definition) is 1. The summed E-state index contributed by atoms with van der Waals surface area (Å²) < 4.78 is 43.2. The SMILES string of the molecule is COC1CC(NCc2cccc(C(F)(F)F)c2)C1(C)C. The molecule has 0 saturated heterocycles. The molecule has 5 heteroatoms. The van der Waals surface area contributed by atoms with Crippen molar-refractivity contribution in [2.45, 2.75) is 45.1 Å². The lowest BCUT2D eigenvalue weighted by molar-refractivity contribution is -0.137. The van der Waals surface area contributed by atoms with Gasteiger partial charge in [-0.3, -0.25) is 0 Å². The molecule has 1 N–H and O–H groups in total. The van der Waals surface area contributed by atoms with Crippen molar-refractivity contribution in [3.05, 3.63) is 35.4 Å². The van der Waals surface area contributed by atoms with Crippen molar-refractivity contribution in [3.63, 3.8) is 0 Å². The van der Waals surface area contributed by atoms with Gasteiger partial charge in [-0.25, -0.2) is 0 Å². The van der Waals surface area contributed by atoms with Crippen molar-refractivity contribution < 1.29 is 17.9 Å². The van der Waals surface area contributed by atoms with Gasteiger partial charge in [-0.05, 0) is 18.1 Å². The van der Waals surface area contributed by atoms with E-state index >= 15 is 0 Å². The Labute approximate surface area is 117 Å². The van der Waals surface area contributed by atoms with Gasteiger partial charge in [-0.15, -0.1) is 0 Å². The first-order valence-electron chi connectivity index (χ1n) is 6.67. The maximum Gasteiger partial charge on any atom is 0.416 e. The zero-order chi connectivity index (χ0) is 15.0. The highest BCUT2D eigenvalue weighted by molar-refractivity contribution is 5.25. The Bertz CT molecular complexity index is 470. The van der Waals surface area contributed by atoms with Gasteiger partial charge in [0.1, 0.15) is 0 Å². The quantitative estimate of drug-likeness (QED) is 0.913. The number of rotatable bonds is 4. The van der Waals surface area contributed by atoms with Crippen molar-refractivity contribution in [1.82, 2.24) is 5.32 Å². The third kappa shape index (κ3) is 2.99. The summed E-state index contributed by atoms with van der Waals surface area (Å²) in [5.41, 5.74) is 0.0621. The van der Waals surface area contributed by atoms with E-state index < -0.39 is 11.7 Å². The van der Waals surface area contributed by atoms with Crippen LogP contribution in [0.1, 0.15) is 31.4 Å². The fourth-order valence-electron chi connectivity index (χ4n) is 2.73. The summed E-state index contributed by atoms with van der Waals surface area (Å²) >= 11 is 0. The Kier molecular flexibility index (Phi) is 4.12. The number of methoxy groups -OCH3 is 1. The van der Waals surface area contributed by atoms with Gasteiger partial charge < -0.3 is 10.1 Å². The summed E-state index contributed by atoms with van der Waals surface area (Å²) in [6.07, 6.45) is -3.18. The van der Waals surface area contributed by atoms with E-state index in [1.165, 1.54) is 12.1 Å². The minimum Gasteiger partial charge on any atom is -0.381 e. The average molecular weight is 287 g/mol. The van der Waals surface area contributed by atoms with E-state index in [2.05, 4.69) is 19.2 Å². The Hall–Kier alpha value is -1.07. The fourth-order valence-corrected chi connectivity index (χ4v) is 2.73. The van der Waals surface area contributed by atoms with Crippen LogP contribution in [0.3, 0.4) is 0 Å². The van der Waals surface area contributed by atoms with Crippen molar-refractivity contribution in [2.24, 2.45) is 5.41 Å². The van der Waals surface area contributed by atoms with Gasteiger partial charge in [0.05, 0.1) is 11.7 Å². The molecule has 1 aliphatic rings. The van der Waals surface area contributed by atoms with Gasteiger partial charge in [0, 0.05) is 25.1 Å². The second-order valence-electron chi connectivity index (χ2n) is 5.91. The molecule has 0 spiro atoms. The van der Waals surface area contributed by atoms with E-state index in [0.29, 0.717) is 12.1 Å². The molecule has 2 rings (SSSR count). The van der Waals surface area contributed by atoms with E-state index in [-0.39, 0.29) is 17.6 Å². The van der Waals surface area contributed by atoms with Crippen LogP contribution in [0.25, 0.3) is 0 Å². The smallest absolute Gasteiger partial charge is 0.381 e. The van der Waals surface area contributed by atoms with Gasteiger partial charge in [0.2, 0.25) is 0 Å². The Morgan fingerprint density at radius 2 is 2.05 bits per heavy atom. The van der Waals surface area contributed by atoms with Crippen LogP contribution in [0, 0.1) is 5.41 Å². The lowest BCUT2D eigenvalue weighted by Crippen LogP contribution is -2.60. The number of benzene rings is 1. The first kappa shape index (κ1) is 15.3. The van der Waals surface area contributed by atoms with Crippen LogP contribution >= 0.6 is 0 Å². The Balaban J connectivity index is 1.96. The average Bonchev–Trinajstić information content (AvgIpc) is 2.37. The number of ether oxygens (including phenoxy) is 1. The minimum atomic E-state index is -4.28. The summed E-state index contributed by atoms with van der Waals surface area (Å²) in [4.78, 5) is 0. The third-order valence-corrected chi connectivity index (χ3v) is 4.27. The number of hydrogen-bond acceptors (Lipinski definition) is 2. The van der Waals surface area contributed by atoms with Crippen LogP contribution in [0.4, 0.5) is 13.2 Å². The predicted octanol–water partition coefficient (Wildman–Crippen LogP) is 3.61.